The maximum Gasteiger partial charge on any atom is 0.232 e. The van der Waals surface area contributed by atoms with Crippen LogP contribution in [0.5, 0.6) is 5.88 Å². The molecule has 1 aromatic rings. The van der Waals surface area contributed by atoms with E-state index in [1.807, 2.05) is 6.20 Å². The van der Waals surface area contributed by atoms with Gasteiger partial charge in [0.15, 0.2) is 0 Å². The van der Waals surface area contributed by atoms with Gasteiger partial charge in [-0.2, -0.15) is 0 Å². The van der Waals surface area contributed by atoms with Crippen LogP contribution in [0.15, 0.2) is 12.4 Å². The van der Waals surface area contributed by atoms with Crippen LogP contribution in [-0.2, 0) is 6.54 Å². The topological polar surface area (TPSA) is 47.0 Å². The molecule has 1 heterocycles. The summed E-state index contributed by atoms with van der Waals surface area (Å²) in [7, 11) is 0. The second-order valence-corrected chi connectivity index (χ2v) is 6.03. The quantitative estimate of drug-likeness (QED) is 0.811. The van der Waals surface area contributed by atoms with Crippen molar-refractivity contribution in [1.82, 2.24) is 15.3 Å². The summed E-state index contributed by atoms with van der Waals surface area (Å²) in [6.07, 6.45) is 8.51. The van der Waals surface area contributed by atoms with Gasteiger partial charge in [-0.3, -0.25) is 4.98 Å². The summed E-state index contributed by atoms with van der Waals surface area (Å²) in [5, 5.41) is 3.32. The number of nitrogens with zero attached hydrogens (tertiary/aromatic N) is 2. The van der Waals surface area contributed by atoms with E-state index in [-0.39, 0.29) is 0 Å². The maximum atomic E-state index is 5.96. The summed E-state index contributed by atoms with van der Waals surface area (Å²) >= 11 is 0. The Morgan fingerprint density at radius 1 is 1.20 bits per heavy atom. The Kier molecular flexibility index (Phi) is 5.77. The van der Waals surface area contributed by atoms with Crippen molar-refractivity contribution in [2.45, 2.75) is 59.1 Å². The molecule has 0 aromatic carbocycles. The number of hydrogen-bond acceptors (Lipinski definition) is 4. The van der Waals surface area contributed by atoms with Crippen LogP contribution >= 0.6 is 0 Å². The van der Waals surface area contributed by atoms with Gasteiger partial charge in [-0.25, -0.2) is 4.98 Å². The van der Waals surface area contributed by atoms with Crippen molar-refractivity contribution >= 4 is 0 Å². The summed E-state index contributed by atoms with van der Waals surface area (Å²) in [4.78, 5) is 8.77. The summed E-state index contributed by atoms with van der Waals surface area (Å²) < 4.78 is 5.96. The fourth-order valence-corrected chi connectivity index (χ4v) is 2.66. The summed E-state index contributed by atoms with van der Waals surface area (Å²) in [6, 6.07) is 0. The van der Waals surface area contributed by atoms with Crippen LogP contribution in [0.3, 0.4) is 0 Å². The Balaban J connectivity index is 1.81. The van der Waals surface area contributed by atoms with Crippen LogP contribution in [0.4, 0.5) is 0 Å². The zero-order valence-corrected chi connectivity index (χ0v) is 12.9. The number of nitrogens with one attached hydrogen (secondary N) is 1. The lowest BCUT2D eigenvalue weighted by Gasteiger charge is -2.31. The highest BCUT2D eigenvalue weighted by atomic mass is 16.5. The third-order valence-corrected chi connectivity index (χ3v) is 4.25. The van der Waals surface area contributed by atoms with Gasteiger partial charge in [0.05, 0.1) is 18.1 Å². The molecule has 1 aromatic heterocycles. The molecule has 3 unspecified atom stereocenters. The van der Waals surface area contributed by atoms with Gasteiger partial charge in [-0.1, -0.05) is 20.8 Å². The van der Waals surface area contributed by atoms with E-state index >= 15 is 0 Å². The summed E-state index contributed by atoms with van der Waals surface area (Å²) in [5.41, 5.74) is 0.969. The summed E-state index contributed by atoms with van der Waals surface area (Å²) in [6.45, 7) is 8.59. The third kappa shape index (κ3) is 4.44. The van der Waals surface area contributed by atoms with Crippen LogP contribution in [0.25, 0.3) is 0 Å². The van der Waals surface area contributed by atoms with Gasteiger partial charge < -0.3 is 10.1 Å². The highest BCUT2D eigenvalue weighted by molar-refractivity contribution is 5.07. The third-order valence-electron chi connectivity index (χ3n) is 4.25. The van der Waals surface area contributed by atoms with E-state index in [4.69, 9.17) is 4.74 Å². The molecule has 4 heteroatoms. The number of ether oxygens (including phenoxy) is 1. The highest BCUT2D eigenvalue weighted by Crippen LogP contribution is 2.31. The first-order valence-corrected chi connectivity index (χ1v) is 7.87. The van der Waals surface area contributed by atoms with Gasteiger partial charge in [-0.15, -0.1) is 0 Å². The number of hydrogen-bond donors (Lipinski definition) is 1. The second kappa shape index (κ2) is 7.58. The molecule has 0 aliphatic heterocycles. The monoisotopic (exact) mass is 277 g/mol. The normalized spacial score (nSPS) is 26.4. The molecule has 2 rings (SSSR count). The number of aromatic nitrogens is 2. The average molecular weight is 277 g/mol. The molecule has 1 fully saturated rings. The molecule has 4 nitrogen and oxygen atoms in total. The largest absolute Gasteiger partial charge is 0.473 e. The molecule has 1 aliphatic carbocycles. The van der Waals surface area contributed by atoms with Gasteiger partial charge in [0.1, 0.15) is 6.10 Å². The van der Waals surface area contributed by atoms with Crippen molar-refractivity contribution in [3.05, 3.63) is 18.1 Å². The fourth-order valence-electron chi connectivity index (χ4n) is 2.66. The molecule has 0 radical (unpaired) electrons. The molecule has 112 valence electrons. The molecule has 1 N–H and O–H groups in total. The van der Waals surface area contributed by atoms with E-state index in [2.05, 4.69) is 36.1 Å². The van der Waals surface area contributed by atoms with Crippen LogP contribution in [0.2, 0.25) is 0 Å². The van der Waals surface area contributed by atoms with Crippen molar-refractivity contribution in [3.63, 3.8) is 0 Å². The molecule has 0 saturated heterocycles. The first-order valence-electron chi connectivity index (χ1n) is 7.87. The van der Waals surface area contributed by atoms with Gasteiger partial charge in [0.25, 0.3) is 0 Å². The predicted octanol–water partition coefficient (Wildman–Crippen LogP) is 3.18. The molecule has 1 saturated carbocycles. The van der Waals surface area contributed by atoms with E-state index in [0.29, 0.717) is 12.0 Å². The first kappa shape index (κ1) is 15.2. The Morgan fingerprint density at radius 2 is 2.05 bits per heavy atom. The fraction of sp³-hybridized carbons (Fsp3) is 0.750. The standard InChI is InChI=1S/C16H27N3O/c1-4-7-17-9-14-10-19-16(11-18-14)20-15-6-5-12(2)13(3)8-15/h10-13,15,17H,4-9H2,1-3H3. The zero-order valence-electron chi connectivity index (χ0n) is 12.9. The van der Waals surface area contributed by atoms with E-state index in [1.54, 1.807) is 6.20 Å². The van der Waals surface area contributed by atoms with Crippen molar-refractivity contribution in [1.29, 1.82) is 0 Å². The highest BCUT2D eigenvalue weighted by Gasteiger charge is 2.25. The van der Waals surface area contributed by atoms with E-state index in [1.165, 1.54) is 6.42 Å². The first-order chi connectivity index (χ1) is 9.69. The molecule has 1 aliphatic rings. The smallest absolute Gasteiger partial charge is 0.232 e. The minimum absolute atomic E-state index is 0.305. The van der Waals surface area contributed by atoms with Crippen LogP contribution < -0.4 is 10.1 Å². The molecule has 0 bridgehead atoms. The van der Waals surface area contributed by atoms with E-state index in [9.17, 15) is 0 Å². The lowest BCUT2D eigenvalue weighted by Crippen LogP contribution is -2.29. The molecule has 0 amide bonds. The Labute approximate surface area is 122 Å². The molecule has 0 spiro atoms. The lowest BCUT2D eigenvalue weighted by atomic mass is 9.80. The van der Waals surface area contributed by atoms with Crippen molar-refractivity contribution in [2.24, 2.45) is 11.8 Å². The van der Waals surface area contributed by atoms with Gasteiger partial charge in [0.2, 0.25) is 5.88 Å². The van der Waals surface area contributed by atoms with Crippen molar-refractivity contribution in [3.8, 4) is 5.88 Å². The van der Waals surface area contributed by atoms with Crippen molar-refractivity contribution in [2.75, 3.05) is 6.54 Å². The van der Waals surface area contributed by atoms with Crippen LogP contribution in [0, 0.1) is 11.8 Å². The number of rotatable bonds is 6. The summed E-state index contributed by atoms with van der Waals surface area (Å²) in [5.74, 6) is 2.21. The Morgan fingerprint density at radius 3 is 2.70 bits per heavy atom. The SMILES string of the molecule is CCCNCc1cnc(OC2CCC(C)C(C)C2)cn1. The minimum Gasteiger partial charge on any atom is -0.473 e. The predicted molar refractivity (Wildman–Crippen MR) is 80.6 cm³/mol. The van der Waals surface area contributed by atoms with Crippen molar-refractivity contribution < 1.29 is 4.74 Å². The molecular weight excluding hydrogens is 250 g/mol. The van der Waals surface area contributed by atoms with E-state index < -0.39 is 0 Å². The Hall–Kier alpha value is -1.16. The van der Waals surface area contributed by atoms with Crippen LogP contribution in [0.1, 0.15) is 52.1 Å². The second-order valence-electron chi connectivity index (χ2n) is 6.03. The average Bonchev–Trinajstić information content (AvgIpc) is 2.45. The van der Waals surface area contributed by atoms with Gasteiger partial charge in [-0.05, 0) is 44.1 Å². The van der Waals surface area contributed by atoms with Crippen LogP contribution in [-0.4, -0.2) is 22.6 Å². The lowest BCUT2D eigenvalue weighted by molar-refractivity contribution is 0.0960. The molecule has 3 atom stereocenters. The van der Waals surface area contributed by atoms with Gasteiger partial charge in [0, 0.05) is 6.54 Å². The molecular formula is C16H27N3O. The maximum absolute atomic E-state index is 5.96. The van der Waals surface area contributed by atoms with Gasteiger partial charge >= 0.3 is 0 Å². The zero-order chi connectivity index (χ0) is 14.4. The Bertz CT molecular complexity index is 393. The molecule has 20 heavy (non-hydrogen) atoms. The minimum atomic E-state index is 0.305. The van der Waals surface area contributed by atoms with E-state index in [0.717, 1.165) is 49.9 Å².